The molecule has 0 bridgehead atoms. The number of nitrogens with two attached hydrogens (primary N) is 1. The maximum absolute atomic E-state index is 6.03. The van der Waals surface area contributed by atoms with Crippen LogP contribution in [0, 0.1) is 0 Å². The van der Waals surface area contributed by atoms with Gasteiger partial charge >= 0.3 is 0 Å². The molecule has 2 N–H and O–H groups in total. The number of hydrogen-bond acceptors (Lipinski definition) is 4. The predicted molar refractivity (Wildman–Crippen MR) is 62.3 cm³/mol. The first kappa shape index (κ1) is 11.1. The molecule has 0 aliphatic carbocycles. The highest BCUT2D eigenvalue weighted by atomic mass is 35.5. The summed E-state index contributed by atoms with van der Waals surface area (Å²) in [7, 11) is 0. The Kier molecular flexibility index (Phi) is 3.75. The Balaban J connectivity index is 1.92. The third kappa shape index (κ3) is 3.01. The van der Waals surface area contributed by atoms with Crippen LogP contribution in [0.1, 0.15) is 0 Å². The van der Waals surface area contributed by atoms with Crippen LogP contribution in [0.25, 0.3) is 0 Å². The monoisotopic (exact) mass is 245 g/mol. The van der Waals surface area contributed by atoms with Gasteiger partial charge in [0.25, 0.3) is 0 Å². The molecule has 0 saturated carbocycles. The number of anilines is 1. The maximum Gasteiger partial charge on any atom is 0.167 e. The fraction of sp³-hybridized carbons (Fsp3) is 0.400. The highest BCUT2D eigenvalue weighted by molar-refractivity contribution is 7.99. The van der Waals surface area contributed by atoms with E-state index in [1.807, 2.05) is 12.1 Å². The summed E-state index contributed by atoms with van der Waals surface area (Å²) in [4.78, 5) is 1.00. The zero-order valence-corrected chi connectivity index (χ0v) is 9.68. The zero-order valence-electron chi connectivity index (χ0n) is 8.11. The third-order valence-electron chi connectivity index (χ3n) is 2.02. The second kappa shape index (κ2) is 5.07. The minimum Gasteiger partial charge on any atom is -0.399 e. The molecule has 15 heavy (non-hydrogen) atoms. The predicted octanol–water partition coefficient (Wildman–Crippen LogP) is 2.39. The lowest BCUT2D eigenvalue weighted by molar-refractivity contribution is -0.0214. The molecule has 0 spiro atoms. The van der Waals surface area contributed by atoms with E-state index < -0.39 is 0 Å². The molecule has 0 amide bonds. The molecule has 1 aromatic carbocycles. The standard InChI is InChI=1S/C10H12ClNO2S/c11-8-5-7(12)1-2-9(8)15-6-10-13-3-4-14-10/h1-2,5,10H,3-4,6,12H2. The van der Waals surface area contributed by atoms with E-state index in [9.17, 15) is 0 Å². The van der Waals surface area contributed by atoms with Crippen molar-refractivity contribution in [3.8, 4) is 0 Å². The second-order valence-electron chi connectivity index (χ2n) is 3.17. The summed E-state index contributed by atoms with van der Waals surface area (Å²) in [6, 6.07) is 5.50. The van der Waals surface area contributed by atoms with Crippen LogP contribution in [0.2, 0.25) is 5.02 Å². The molecule has 5 heteroatoms. The van der Waals surface area contributed by atoms with Gasteiger partial charge in [-0.15, -0.1) is 11.8 Å². The number of thioether (sulfide) groups is 1. The van der Waals surface area contributed by atoms with Gasteiger partial charge in [-0.3, -0.25) is 0 Å². The van der Waals surface area contributed by atoms with Crippen molar-refractivity contribution in [2.75, 3.05) is 24.7 Å². The smallest absolute Gasteiger partial charge is 0.167 e. The molecule has 1 saturated heterocycles. The van der Waals surface area contributed by atoms with Crippen molar-refractivity contribution in [2.45, 2.75) is 11.2 Å². The SMILES string of the molecule is Nc1ccc(SCC2OCCO2)c(Cl)c1. The van der Waals surface area contributed by atoms with E-state index >= 15 is 0 Å². The molecule has 2 rings (SSSR count). The molecular formula is C10H12ClNO2S. The van der Waals surface area contributed by atoms with Crippen LogP contribution in [0.3, 0.4) is 0 Å². The van der Waals surface area contributed by atoms with Crippen molar-refractivity contribution >= 4 is 29.1 Å². The van der Waals surface area contributed by atoms with E-state index in [1.165, 1.54) is 0 Å². The molecule has 1 aromatic rings. The minimum absolute atomic E-state index is 0.108. The summed E-state index contributed by atoms with van der Waals surface area (Å²) in [5.74, 6) is 0.754. The van der Waals surface area contributed by atoms with Gasteiger partial charge in [-0.25, -0.2) is 0 Å². The van der Waals surface area contributed by atoms with Gasteiger partial charge in [0.1, 0.15) is 0 Å². The highest BCUT2D eigenvalue weighted by Crippen LogP contribution is 2.30. The number of rotatable bonds is 3. The van der Waals surface area contributed by atoms with Gasteiger partial charge in [-0.05, 0) is 18.2 Å². The highest BCUT2D eigenvalue weighted by Gasteiger charge is 2.16. The van der Waals surface area contributed by atoms with Crippen molar-refractivity contribution in [3.63, 3.8) is 0 Å². The van der Waals surface area contributed by atoms with Gasteiger partial charge in [-0.2, -0.15) is 0 Å². The first-order chi connectivity index (χ1) is 7.25. The summed E-state index contributed by atoms with van der Waals surface area (Å²) in [5, 5.41) is 0.679. The summed E-state index contributed by atoms with van der Waals surface area (Å²) < 4.78 is 10.7. The molecule has 82 valence electrons. The first-order valence-electron chi connectivity index (χ1n) is 4.67. The molecule has 1 aliphatic heterocycles. The van der Waals surface area contributed by atoms with E-state index in [0.717, 1.165) is 10.6 Å². The Morgan fingerprint density at radius 1 is 1.40 bits per heavy atom. The largest absolute Gasteiger partial charge is 0.399 e. The van der Waals surface area contributed by atoms with E-state index in [0.29, 0.717) is 23.9 Å². The Morgan fingerprint density at radius 3 is 2.80 bits per heavy atom. The summed E-state index contributed by atoms with van der Waals surface area (Å²) in [6.45, 7) is 1.36. The Morgan fingerprint density at radius 2 is 2.13 bits per heavy atom. The Hall–Kier alpha value is -0.420. The molecular weight excluding hydrogens is 234 g/mol. The Bertz CT molecular complexity index is 342. The van der Waals surface area contributed by atoms with Gasteiger partial charge in [-0.1, -0.05) is 11.6 Å². The van der Waals surface area contributed by atoms with Crippen LogP contribution in [0.5, 0.6) is 0 Å². The number of nitrogen functional groups attached to an aromatic ring is 1. The molecule has 3 nitrogen and oxygen atoms in total. The zero-order chi connectivity index (χ0) is 10.7. The molecule has 0 aromatic heterocycles. The lowest BCUT2D eigenvalue weighted by Crippen LogP contribution is -2.10. The lowest BCUT2D eigenvalue weighted by atomic mass is 10.3. The fourth-order valence-electron chi connectivity index (χ4n) is 1.30. The maximum atomic E-state index is 6.03. The van der Waals surface area contributed by atoms with Gasteiger partial charge in [0.15, 0.2) is 6.29 Å². The number of hydrogen-bond donors (Lipinski definition) is 1. The lowest BCUT2D eigenvalue weighted by Gasteiger charge is -2.09. The van der Waals surface area contributed by atoms with E-state index in [-0.39, 0.29) is 6.29 Å². The summed E-state index contributed by atoms with van der Waals surface area (Å²) in [6.07, 6.45) is -0.108. The molecule has 1 heterocycles. The van der Waals surface area contributed by atoms with Crippen LogP contribution in [-0.2, 0) is 9.47 Å². The molecule has 0 unspecified atom stereocenters. The van der Waals surface area contributed by atoms with Crippen LogP contribution in [0.15, 0.2) is 23.1 Å². The number of halogens is 1. The van der Waals surface area contributed by atoms with E-state index in [2.05, 4.69) is 0 Å². The van der Waals surface area contributed by atoms with Crippen molar-refractivity contribution in [1.29, 1.82) is 0 Å². The van der Waals surface area contributed by atoms with E-state index in [4.69, 9.17) is 26.8 Å². The van der Waals surface area contributed by atoms with Gasteiger partial charge in [0, 0.05) is 16.3 Å². The van der Waals surface area contributed by atoms with Crippen LogP contribution >= 0.6 is 23.4 Å². The van der Waals surface area contributed by atoms with Crippen LogP contribution < -0.4 is 5.73 Å². The second-order valence-corrected chi connectivity index (χ2v) is 4.64. The van der Waals surface area contributed by atoms with Crippen molar-refractivity contribution in [3.05, 3.63) is 23.2 Å². The average Bonchev–Trinajstić information content (AvgIpc) is 2.69. The summed E-state index contributed by atoms with van der Waals surface area (Å²) >= 11 is 7.65. The van der Waals surface area contributed by atoms with Crippen molar-refractivity contribution in [2.24, 2.45) is 0 Å². The molecule has 1 aliphatic rings. The fourth-order valence-corrected chi connectivity index (χ4v) is 2.52. The van der Waals surface area contributed by atoms with Gasteiger partial charge in [0.05, 0.1) is 18.2 Å². The normalized spacial score (nSPS) is 17.1. The number of ether oxygens (including phenoxy) is 2. The van der Waals surface area contributed by atoms with Crippen molar-refractivity contribution < 1.29 is 9.47 Å². The van der Waals surface area contributed by atoms with Gasteiger partial charge < -0.3 is 15.2 Å². The molecule has 1 fully saturated rings. The average molecular weight is 246 g/mol. The minimum atomic E-state index is -0.108. The number of benzene rings is 1. The first-order valence-corrected chi connectivity index (χ1v) is 6.03. The van der Waals surface area contributed by atoms with Gasteiger partial charge in [0.2, 0.25) is 0 Å². The van der Waals surface area contributed by atoms with Crippen LogP contribution in [0.4, 0.5) is 5.69 Å². The van der Waals surface area contributed by atoms with Crippen LogP contribution in [-0.4, -0.2) is 25.3 Å². The summed E-state index contributed by atoms with van der Waals surface area (Å²) in [5.41, 5.74) is 6.28. The van der Waals surface area contributed by atoms with Crippen molar-refractivity contribution in [1.82, 2.24) is 0 Å². The topological polar surface area (TPSA) is 44.5 Å². The van der Waals surface area contributed by atoms with E-state index in [1.54, 1.807) is 17.8 Å². The quantitative estimate of drug-likeness (QED) is 0.656. The molecule has 0 radical (unpaired) electrons. The molecule has 0 atom stereocenters. The third-order valence-corrected chi connectivity index (χ3v) is 3.55. The Labute approximate surface area is 97.9 Å².